The van der Waals surface area contributed by atoms with Gasteiger partial charge >= 0.3 is 23.9 Å². The van der Waals surface area contributed by atoms with E-state index in [0.29, 0.717) is 0 Å². The van der Waals surface area contributed by atoms with Gasteiger partial charge in [-0.15, -0.1) is 5.06 Å². The van der Waals surface area contributed by atoms with E-state index in [0.717, 1.165) is 0 Å². The average Bonchev–Trinajstić information content (AvgIpc) is 2.88. The summed E-state index contributed by atoms with van der Waals surface area (Å²) in [5, 5.41) is 0.277. The van der Waals surface area contributed by atoms with E-state index in [-0.39, 0.29) is 24.3 Å². The van der Waals surface area contributed by atoms with Crippen molar-refractivity contribution in [2.45, 2.75) is 91.0 Å². The maximum Gasteiger partial charge on any atom is 0.374 e. The molecule has 1 fully saturated rings. The molecule has 1 saturated heterocycles. The molecule has 0 aromatic heterocycles. The SMILES string of the molecule is CC(C)(C)OC(=O)CCC(=O)O[C@@H](CC(=O)OC(C)(C)C)C(=O)ON1C(=O)CCC1=O. The number of carbonyl (C=O) groups is 6. The first-order valence-electron chi connectivity index (χ1n) is 9.78. The van der Waals surface area contributed by atoms with E-state index < -0.39 is 65.8 Å². The normalized spacial score (nSPS) is 15.4. The van der Waals surface area contributed by atoms with Gasteiger partial charge in [0, 0.05) is 12.8 Å². The van der Waals surface area contributed by atoms with Crippen LogP contribution in [0.25, 0.3) is 0 Å². The second kappa shape index (κ2) is 10.4. The fraction of sp³-hybridized carbons (Fsp3) is 0.700. The zero-order valence-electron chi connectivity index (χ0n) is 18.6. The second-order valence-electron chi connectivity index (χ2n) is 8.85. The van der Waals surface area contributed by atoms with E-state index >= 15 is 0 Å². The van der Waals surface area contributed by atoms with Crippen LogP contribution < -0.4 is 0 Å². The van der Waals surface area contributed by atoms with Crippen molar-refractivity contribution in [3.05, 3.63) is 0 Å². The molecule has 2 amide bonds. The van der Waals surface area contributed by atoms with Crippen molar-refractivity contribution in [3.63, 3.8) is 0 Å². The van der Waals surface area contributed by atoms with Crippen molar-refractivity contribution >= 4 is 35.7 Å². The van der Waals surface area contributed by atoms with E-state index in [1.165, 1.54) is 0 Å². The van der Waals surface area contributed by atoms with Gasteiger partial charge in [-0.25, -0.2) is 4.79 Å². The molecule has 0 aromatic carbocycles. The largest absolute Gasteiger partial charge is 0.460 e. The Balaban J connectivity index is 2.79. The van der Waals surface area contributed by atoms with Crippen LogP contribution in [0.2, 0.25) is 0 Å². The molecule has 11 heteroatoms. The number of imide groups is 1. The Labute approximate surface area is 180 Å². The van der Waals surface area contributed by atoms with E-state index in [2.05, 4.69) is 0 Å². The third kappa shape index (κ3) is 10.1. The average molecular weight is 443 g/mol. The lowest BCUT2D eigenvalue weighted by atomic mass is 10.2. The van der Waals surface area contributed by atoms with Crippen molar-refractivity contribution < 1.29 is 47.8 Å². The van der Waals surface area contributed by atoms with Crippen molar-refractivity contribution in [2.24, 2.45) is 0 Å². The predicted octanol–water partition coefficient (Wildman–Crippen LogP) is 1.36. The quantitative estimate of drug-likeness (QED) is 0.306. The zero-order chi connectivity index (χ0) is 24.0. The summed E-state index contributed by atoms with van der Waals surface area (Å²) >= 11 is 0. The van der Waals surface area contributed by atoms with Gasteiger partial charge in [0.1, 0.15) is 11.2 Å². The smallest absolute Gasteiger partial charge is 0.374 e. The molecule has 0 bridgehead atoms. The molecule has 1 aliphatic heterocycles. The molecule has 0 spiro atoms. The summed E-state index contributed by atoms with van der Waals surface area (Å²) in [7, 11) is 0. The molecule has 0 aliphatic carbocycles. The number of carbonyl (C=O) groups excluding carboxylic acids is 6. The Morgan fingerprint density at radius 3 is 1.74 bits per heavy atom. The van der Waals surface area contributed by atoms with Gasteiger partial charge in [-0.3, -0.25) is 24.0 Å². The maximum absolute atomic E-state index is 12.4. The van der Waals surface area contributed by atoms with E-state index in [4.69, 9.17) is 19.0 Å². The van der Waals surface area contributed by atoms with Gasteiger partial charge in [0.25, 0.3) is 11.8 Å². The predicted molar refractivity (Wildman–Crippen MR) is 103 cm³/mol. The first-order chi connectivity index (χ1) is 14.1. The Morgan fingerprint density at radius 1 is 0.806 bits per heavy atom. The third-order valence-corrected chi connectivity index (χ3v) is 3.45. The first kappa shape index (κ1) is 26.1. The van der Waals surface area contributed by atoms with Gasteiger partial charge in [0.2, 0.25) is 6.10 Å². The molecule has 0 saturated carbocycles. The summed E-state index contributed by atoms with van der Waals surface area (Å²) in [6.07, 6.45) is -3.47. The zero-order valence-corrected chi connectivity index (χ0v) is 18.6. The molecular weight excluding hydrogens is 414 g/mol. The monoisotopic (exact) mass is 443 g/mol. The summed E-state index contributed by atoms with van der Waals surface area (Å²) < 4.78 is 15.2. The van der Waals surface area contributed by atoms with Gasteiger partial charge in [-0.05, 0) is 41.5 Å². The third-order valence-electron chi connectivity index (χ3n) is 3.45. The molecule has 174 valence electrons. The molecule has 0 unspecified atom stereocenters. The minimum absolute atomic E-state index is 0.126. The molecule has 0 N–H and O–H groups in total. The summed E-state index contributed by atoms with van der Waals surface area (Å²) in [5.74, 6) is -5.25. The Kier molecular flexibility index (Phi) is 8.71. The van der Waals surface area contributed by atoms with Gasteiger partial charge in [-0.2, -0.15) is 0 Å². The highest BCUT2D eigenvalue weighted by Gasteiger charge is 2.37. The molecule has 1 aliphatic rings. The highest BCUT2D eigenvalue weighted by Crippen LogP contribution is 2.17. The minimum atomic E-state index is -1.78. The molecular formula is C20H29NO10. The molecule has 11 nitrogen and oxygen atoms in total. The van der Waals surface area contributed by atoms with E-state index in [9.17, 15) is 28.8 Å². The van der Waals surface area contributed by atoms with E-state index in [1.807, 2.05) is 0 Å². The first-order valence-corrected chi connectivity index (χ1v) is 9.78. The maximum atomic E-state index is 12.4. The summed E-state index contributed by atoms with van der Waals surface area (Å²) in [6.45, 7) is 9.80. The Hall–Kier alpha value is -2.98. The van der Waals surface area contributed by atoms with Crippen LogP contribution >= 0.6 is 0 Å². The number of hydrogen-bond donors (Lipinski definition) is 0. The van der Waals surface area contributed by atoms with Crippen LogP contribution in [0.3, 0.4) is 0 Å². The van der Waals surface area contributed by atoms with Gasteiger partial charge in [0.15, 0.2) is 0 Å². The highest BCUT2D eigenvalue weighted by molar-refractivity contribution is 6.02. The second-order valence-corrected chi connectivity index (χ2v) is 8.85. The standard InChI is InChI=1S/C20H29NO10/c1-19(2,3)29-16(25)10-9-15(24)28-12(11-17(26)30-20(4,5)6)18(27)31-21-13(22)7-8-14(21)23/h12H,7-11H2,1-6H3/t12-/m0/s1. The fourth-order valence-electron chi connectivity index (χ4n) is 2.33. The summed E-state index contributed by atoms with van der Waals surface area (Å²) in [4.78, 5) is 76.4. The number of hydrogen-bond acceptors (Lipinski definition) is 10. The number of rotatable bonds is 8. The molecule has 1 heterocycles. The van der Waals surface area contributed by atoms with Crippen LogP contribution in [0.1, 0.15) is 73.6 Å². The minimum Gasteiger partial charge on any atom is -0.460 e. The molecule has 0 aromatic rings. The van der Waals surface area contributed by atoms with Crippen molar-refractivity contribution in [2.75, 3.05) is 0 Å². The van der Waals surface area contributed by atoms with Gasteiger partial charge in [0.05, 0.1) is 19.3 Å². The number of hydroxylamine groups is 2. The van der Waals surface area contributed by atoms with Crippen LogP contribution in [0.5, 0.6) is 0 Å². The Morgan fingerprint density at radius 2 is 1.26 bits per heavy atom. The lowest BCUT2D eigenvalue weighted by Crippen LogP contribution is -2.40. The number of amides is 2. The van der Waals surface area contributed by atoms with Gasteiger partial charge < -0.3 is 19.0 Å². The van der Waals surface area contributed by atoms with Crippen LogP contribution in [-0.2, 0) is 47.8 Å². The number of nitrogens with zero attached hydrogens (tertiary/aromatic N) is 1. The van der Waals surface area contributed by atoms with Crippen molar-refractivity contribution in [3.8, 4) is 0 Å². The summed E-state index contributed by atoms with van der Waals surface area (Å²) in [5.41, 5.74) is -1.61. The topological polar surface area (TPSA) is 143 Å². The van der Waals surface area contributed by atoms with Gasteiger partial charge in [-0.1, -0.05) is 0 Å². The van der Waals surface area contributed by atoms with Crippen LogP contribution in [-0.4, -0.2) is 58.1 Å². The van der Waals surface area contributed by atoms with E-state index in [1.54, 1.807) is 41.5 Å². The van der Waals surface area contributed by atoms with Crippen LogP contribution in [0.4, 0.5) is 0 Å². The van der Waals surface area contributed by atoms with Crippen LogP contribution in [0.15, 0.2) is 0 Å². The lowest BCUT2D eigenvalue weighted by Gasteiger charge is -2.23. The fourth-order valence-corrected chi connectivity index (χ4v) is 2.33. The molecule has 0 radical (unpaired) electrons. The Bertz CT molecular complexity index is 728. The summed E-state index contributed by atoms with van der Waals surface area (Å²) in [6, 6.07) is 0. The number of esters is 3. The molecule has 1 rings (SSSR count). The number of ether oxygens (including phenoxy) is 3. The lowest BCUT2D eigenvalue weighted by molar-refractivity contribution is -0.207. The highest BCUT2D eigenvalue weighted by atomic mass is 16.7. The van der Waals surface area contributed by atoms with Crippen molar-refractivity contribution in [1.29, 1.82) is 0 Å². The molecule has 31 heavy (non-hydrogen) atoms. The van der Waals surface area contributed by atoms with Crippen LogP contribution in [0, 0.1) is 0 Å². The van der Waals surface area contributed by atoms with Crippen molar-refractivity contribution in [1.82, 2.24) is 5.06 Å². The molecule has 1 atom stereocenters.